The van der Waals surface area contributed by atoms with Gasteiger partial charge < -0.3 is 10.1 Å². The number of aromatic nitrogens is 1. The van der Waals surface area contributed by atoms with Gasteiger partial charge in [0.25, 0.3) is 0 Å². The number of rotatable bonds is 6. The summed E-state index contributed by atoms with van der Waals surface area (Å²) in [5.74, 6) is 0. The highest BCUT2D eigenvalue weighted by atomic mass is 79.9. The number of nitrogens with one attached hydrogen (secondary N) is 1. The van der Waals surface area contributed by atoms with E-state index in [4.69, 9.17) is 9.72 Å². The molecule has 1 unspecified atom stereocenters. The average molecular weight is 337 g/mol. The van der Waals surface area contributed by atoms with E-state index in [0.29, 0.717) is 6.61 Å². The van der Waals surface area contributed by atoms with Crippen LogP contribution in [0.5, 0.6) is 0 Å². The highest BCUT2D eigenvalue weighted by molar-refractivity contribution is 9.10. The minimum absolute atomic E-state index is 0.0985. The monoisotopic (exact) mass is 336 g/mol. The van der Waals surface area contributed by atoms with Crippen LogP contribution in [0.15, 0.2) is 34.8 Å². The maximum atomic E-state index is 5.75. The van der Waals surface area contributed by atoms with Crippen molar-refractivity contribution in [3.8, 4) is 0 Å². The van der Waals surface area contributed by atoms with Gasteiger partial charge in [-0.25, -0.2) is 4.98 Å². The number of benzene rings is 1. The second kappa shape index (κ2) is 7.16. The van der Waals surface area contributed by atoms with E-state index in [1.807, 2.05) is 32.0 Å². The molecule has 1 aromatic carbocycles. The summed E-state index contributed by atoms with van der Waals surface area (Å²) in [6.07, 6.45) is 0.218. The Morgan fingerprint density at radius 3 is 2.75 bits per heavy atom. The Labute approximate surface area is 128 Å². The Kier molecular flexibility index (Phi) is 5.52. The van der Waals surface area contributed by atoms with Crippen LogP contribution >= 0.6 is 15.9 Å². The van der Waals surface area contributed by atoms with Crippen molar-refractivity contribution in [3.05, 3.63) is 40.5 Å². The first-order chi connectivity index (χ1) is 9.61. The van der Waals surface area contributed by atoms with Crippen LogP contribution in [0, 0.1) is 0 Å². The molecule has 3 nitrogen and oxygen atoms in total. The number of hydrogen-bond donors (Lipinski definition) is 1. The molecule has 0 spiro atoms. The maximum absolute atomic E-state index is 5.75. The third-order valence-corrected chi connectivity index (χ3v) is 3.72. The van der Waals surface area contributed by atoms with Crippen molar-refractivity contribution in [2.45, 2.75) is 32.9 Å². The summed E-state index contributed by atoms with van der Waals surface area (Å²) in [5, 5.41) is 4.58. The van der Waals surface area contributed by atoms with Crippen LogP contribution in [-0.4, -0.2) is 24.2 Å². The molecule has 1 atom stereocenters. The largest absolute Gasteiger partial charge is 0.377 e. The summed E-state index contributed by atoms with van der Waals surface area (Å²) >= 11 is 3.64. The van der Waals surface area contributed by atoms with Gasteiger partial charge in [-0.2, -0.15) is 0 Å². The van der Waals surface area contributed by atoms with Crippen molar-refractivity contribution in [1.29, 1.82) is 0 Å². The van der Waals surface area contributed by atoms with Crippen molar-refractivity contribution < 1.29 is 4.74 Å². The average Bonchev–Trinajstić information content (AvgIpc) is 2.42. The van der Waals surface area contributed by atoms with Crippen LogP contribution in [0.2, 0.25) is 0 Å². The third-order valence-electron chi connectivity index (χ3n) is 3.08. The zero-order valence-electron chi connectivity index (χ0n) is 12.2. The molecule has 0 saturated heterocycles. The Balaban J connectivity index is 2.33. The predicted molar refractivity (Wildman–Crippen MR) is 86.9 cm³/mol. The van der Waals surface area contributed by atoms with Gasteiger partial charge in [0, 0.05) is 9.86 Å². The molecule has 2 rings (SSSR count). The Morgan fingerprint density at radius 1 is 1.30 bits per heavy atom. The first kappa shape index (κ1) is 15.4. The predicted octanol–water partition coefficient (Wildman–Crippen LogP) is 4.07. The van der Waals surface area contributed by atoms with Crippen molar-refractivity contribution in [2.24, 2.45) is 0 Å². The Morgan fingerprint density at radius 2 is 2.05 bits per heavy atom. The molecule has 20 heavy (non-hydrogen) atoms. The van der Waals surface area contributed by atoms with Gasteiger partial charge in [-0.1, -0.05) is 25.1 Å². The third kappa shape index (κ3) is 3.78. The molecule has 1 aromatic heterocycles. The summed E-state index contributed by atoms with van der Waals surface area (Å²) in [6.45, 7) is 7.69. The first-order valence-electron chi connectivity index (χ1n) is 7.02. The van der Waals surface area contributed by atoms with Gasteiger partial charge in [0.05, 0.1) is 30.0 Å². The summed E-state index contributed by atoms with van der Waals surface area (Å²) in [6, 6.07) is 10.4. The van der Waals surface area contributed by atoms with E-state index >= 15 is 0 Å². The molecular weight excluding hydrogens is 316 g/mol. The van der Waals surface area contributed by atoms with E-state index in [-0.39, 0.29) is 12.1 Å². The molecule has 1 N–H and O–H groups in total. The first-order valence-corrected chi connectivity index (χ1v) is 7.81. The SMILES string of the molecule is CCNC(COC(C)C)c1nc2ccccc2cc1Br. The molecule has 0 saturated carbocycles. The molecule has 0 fully saturated rings. The lowest BCUT2D eigenvalue weighted by Crippen LogP contribution is -2.27. The van der Waals surface area contributed by atoms with Gasteiger partial charge in [-0.05, 0) is 48.5 Å². The van der Waals surface area contributed by atoms with E-state index in [9.17, 15) is 0 Å². The van der Waals surface area contributed by atoms with Crippen molar-refractivity contribution in [1.82, 2.24) is 10.3 Å². The lowest BCUT2D eigenvalue weighted by Gasteiger charge is -2.20. The van der Waals surface area contributed by atoms with Crippen LogP contribution < -0.4 is 5.32 Å². The lowest BCUT2D eigenvalue weighted by molar-refractivity contribution is 0.0605. The molecule has 108 valence electrons. The van der Waals surface area contributed by atoms with Crippen LogP contribution in [0.25, 0.3) is 10.9 Å². The number of nitrogens with zero attached hydrogens (tertiary/aromatic N) is 1. The van der Waals surface area contributed by atoms with Gasteiger partial charge >= 0.3 is 0 Å². The number of halogens is 1. The fraction of sp³-hybridized carbons (Fsp3) is 0.438. The minimum atomic E-state index is 0.0985. The molecule has 0 aliphatic carbocycles. The molecule has 0 aliphatic heterocycles. The number of hydrogen-bond acceptors (Lipinski definition) is 3. The summed E-state index contributed by atoms with van der Waals surface area (Å²) in [7, 11) is 0. The number of para-hydroxylation sites is 1. The standard InChI is InChI=1S/C16H21BrN2O/c1-4-18-15(10-20-11(2)3)16-13(17)9-12-7-5-6-8-14(12)19-16/h5-9,11,15,18H,4,10H2,1-3H3. The van der Waals surface area contributed by atoms with E-state index in [0.717, 1.165) is 27.6 Å². The molecule has 4 heteroatoms. The maximum Gasteiger partial charge on any atom is 0.0746 e. The van der Waals surface area contributed by atoms with Crippen LogP contribution in [0.3, 0.4) is 0 Å². The molecule has 0 aliphatic rings. The summed E-state index contributed by atoms with van der Waals surface area (Å²) in [5.41, 5.74) is 2.02. The highest BCUT2D eigenvalue weighted by Crippen LogP contribution is 2.26. The van der Waals surface area contributed by atoms with E-state index in [2.05, 4.69) is 40.3 Å². The molecule has 0 amide bonds. The van der Waals surface area contributed by atoms with E-state index in [1.54, 1.807) is 0 Å². The molecule has 2 aromatic rings. The van der Waals surface area contributed by atoms with Crippen LogP contribution in [-0.2, 0) is 4.74 Å². The minimum Gasteiger partial charge on any atom is -0.377 e. The quantitative estimate of drug-likeness (QED) is 0.863. The molecule has 0 radical (unpaired) electrons. The number of pyridine rings is 1. The fourth-order valence-electron chi connectivity index (χ4n) is 2.12. The van der Waals surface area contributed by atoms with Gasteiger partial charge in [-0.3, -0.25) is 0 Å². The zero-order chi connectivity index (χ0) is 14.5. The van der Waals surface area contributed by atoms with Crippen LogP contribution in [0.1, 0.15) is 32.5 Å². The van der Waals surface area contributed by atoms with Gasteiger partial charge in [0.2, 0.25) is 0 Å². The number of fused-ring (bicyclic) bond motifs is 1. The molecular formula is C16H21BrN2O. The summed E-state index contributed by atoms with van der Waals surface area (Å²) < 4.78 is 6.78. The number of ether oxygens (including phenoxy) is 1. The Hall–Kier alpha value is -0.970. The van der Waals surface area contributed by atoms with Crippen molar-refractivity contribution in [2.75, 3.05) is 13.2 Å². The topological polar surface area (TPSA) is 34.1 Å². The van der Waals surface area contributed by atoms with Crippen molar-refractivity contribution >= 4 is 26.8 Å². The smallest absolute Gasteiger partial charge is 0.0746 e. The van der Waals surface area contributed by atoms with Crippen molar-refractivity contribution in [3.63, 3.8) is 0 Å². The van der Waals surface area contributed by atoms with Gasteiger partial charge in [0.15, 0.2) is 0 Å². The normalized spacial score (nSPS) is 13.1. The second-order valence-corrected chi connectivity index (χ2v) is 5.89. The van der Waals surface area contributed by atoms with E-state index < -0.39 is 0 Å². The fourth-order valence-corrected chi connectivity index (χ4v) is 2.73. The molecule has 1 heterocycles. The second-order valence-electron chi connectivity index (χ2n) is 5.04. The van der Waals surface area contributed by atoms with Crippen LogP contribution in [0.4, 0.5) is 0 Å². The number of likely N-dealkylation sites (N-methyl/N-ethyl adjacent to an activating group) is 1. The summed E-state index contributed by atoms with van der Waals surface area (Å²) in [4.78, 5) is 4.78. The highest BCUT2D eigenvalue weighted by Gasteiger charge is 2.17. The van der Waals surface area contributed by atoms with E-state index in [1.165, 1.54) is 0 Å². The zero-order valence-corrected chi connectivity index (χ0v) is 13.8. The van der Waals surface area contributed by atoms with Gasteiger partial charge in [-0.15, -0.1) is 0 Å². The van der Waals surface area contributed by atoms with Gasteiger partial charge in [0.1, 0.15) is 0 Å². The lowest BCUT2D eigenvalue weighted by atomic mass is 10.1. The Bertz CT molecular complexity index is 571. The molecule has 0 bridgehead atoms.